The van der Waals surface area contributed by atoms with Crippen LogP contribution in [0.5, 0.6) is 0 Å². The van der Waals surface area contributed by atoms with E-state index in [4.69, 9.17) is 4.74 Å². The fourth-order valence-electron chi connectivity index (χ4n) is 1.63. The van der Waals surface area contributed by atoms with Crippen molar-refractivity contribution >= 4 is 17.0 Å². The van der Waals surface area contributed by atoms with E-state index in [2.05, 4.69) is 10.1 Å². The standard InChI is InChI=1S/C12H15N3O2/c1-3-17-11(16)4-5-15-8-10-6-9(2)7-13-12(10)14-15/h6-8H,3-5H2,1-2H3. The summed E-state index contributed by atoms with van der Waals surface area (Å²) in [5, 5.41) is 5.28. The first kappa shape index (κ1) is 11.6. The normalized spacial score (nSPS) is 10.7. The Morgan fingerprint density at radius 2 is 2.35 bits per heavy atom. The first-order chi connectivity index (χ1) is 8.19. The minimum atomic E-state index is -0.198. The van der Waals surface area contributed by atoms with Crippen LogP contribution in [-0.2, 0) is 16.1 Å². The van der Waals surface area contributed by atoms with Gasteiger partial charge in [-0.25, -0.2) is 4.98 Å². The molecule has 0 bridgehead atoms. The van der Waals surface area contributed by atoms with Crippen molar-refractivity contribution in [3.63, 3.8) is 0 Å². The van der Waals surface area contributed by atoms with E-state index >= 15 is 0 Å². The van der Waals surface area contributed by atoms with Crippen LogP contribution in [-0.4, -0.2) is 27.3 Å². The fraction of sp³-hybridized carbons (Fsp3) is 0.417. The summed E-state index contributed by atoms with van der Waals surface area (Å²) in [6.45, 7) is 4.73. The Hall–Kier alpha value is -1.91. The Labute approximate surface area is 99.4 Å². The minimum Gasteiger partial charge on any atom is -0.466 e. The topological polar surface area (TPSA) is 57.0 Å². The zero-order chi connectivity index (χ0) is 12.3. The number of aryl methyl sites for hydroxylation is 2. The molecule has 0 amide bonds. The Morgan fingerprint density at radius 3 is 3.12 bits per heavy atom. The van der Waals surface area contributed by atoms with E-state index in [9.17, 15) is 4.79 Å². The molecule has 5 nitrogen and oxygen atoms in total. The summed E-state index contributed by atoms with van der Waals surface area (Å²) in [5.74, 6) is -0.198. The number of ether oxygens (including phenoxy) is 1. The average molecular weight is 233 g/mol. The summed E-state index contributed by atoms with van der Waals surface area (Å²) in [6, 6.07) is 2.02. The Balaban J connectivity index is 2.07. The van der Waals surface area contributed by atoms with Crippen LogP contribution in [0.2, 0.25) is 0 Å². The summed E-state index contributed by atoms with van der Waals surface area (Å²) in [7, 11) is 0. The first-order valence-corrected chi connectivity index (χ1v) is 5.64. The third kappa shape index (κ3) is 2.81. The van der Waals surface area contributed by atoms with Crippen LogP contribution >= 0.6 is 0 Å². The molecule has 0 saturated carbocycles. The molecule has 17 heavy (non-hydrogen) atoms. The number of carbonyl (C=O) groups is 1. The smallest absolute Gasteiger partial charge is 0.307 e. The van der Waals surface area contributed by atoms with Gasteiger partial charge in [-0.2, -0.15) is 5.10 Å². The van der Waals surface area contributed by atoms with Gasteiger partial charge < -0.3 is 4.74 Å². The van der Waals surface area contributed by atoms with Crippen molar-refractivity contribution in [3.05, 3.63) is 24.0 Å². The maximum atomic E-state index is 11.2. The van der Waals surface area contributed by atoms with E-state index in [0.717, 1.165) is 10.9 Å². The van der Waals surface area contributed by atoms with Crippen molar-refractivity contribution in [1.82, 2.24) is 14.8 Å². The number of hydrogen-bond donors (Lipinski definition) is 0. The fourth-order valence-corrected chi connectivity index (χ4v) is 1.63. The van der Waals surface area contributed by atoms with E-state index in [1.807, 2.05) is 19.2 Å². The lowest BCUT2D eigenvalue weighted by Gasteiger charge is -2.01. The molecule has 0 aliphatic heterocycles. The third-order valence-corrected chi connectivity index (χ3v) is 2.39. The van der Waals surface area contributed by atoms with E-state index in [-0.39, 0.29) is 5.97 Å². The SMILES string of the molecule is CCOC(=O)CCn1cc2cc(C)cnc2n1. The van der Waals surface area contributed by atoms with Crippen LogP contribution in [0, 0.1) is 6.92 Å². The molecule has 2 heterocycles. The molecule has 0 aromatic carbocycles. The van der Waals surface area contributed by atoms with Crippen molar-refractivity contribution in [2.45, 2.75) is 26.8 Å². The predicted molar refractivity (Wildman–Crippen MR) is 63.5 cm³/mol. The zero-order valence-corrected chi connectivity index (χ0v) is 10.0. The number of esters is 1. The first-order valence-electron chi connectivity index (χ1n) is 5.64. The number of aromatic nitrogens is 3. The Kier molecular flexibility index (Phi) is 3.37. The Morgan fingerprint density at radius 1 is 1.53 bits per heavy atom. The molecule has 0 radical (unpaired) electrons. The monoisotopic (exact) mass is 233 g/mol. The molecular formula is C12H15N3O2. The number of nitrogens with zero attached hydrogens (tertiary/aromatic N) is 3. The third-order valence-electron chi connectivity index (χ3n) is 2.39. The minimum absolute atomic E-state index is 0.198. The molecular weight excluding hydrogens is 218 g/mol. The van der Waals surface area contributed by atoms with Crippen molar-refractivity contribution in [2.24, 2.45) is 0 Å². The number of hydrogen-bond acceptors (Lipinski definition) is 4. The van der Waals surface area contributed by atoms with Gasteiger partial charge in [-0.1, -0.05) is 0 Å². The second-order valence-corrected chi connectivity index (χ2v) is 3.87. The molecule has 0 N–H and O–H groups in total. The molecule has 5 heteroatoms. The second kappa shape index (κ2) is 4.95. The van der Waals surface area contributed by atoms with Gasteiger partial charge in [-0.3, -0.25) is 9.48 Å². The van der Waals surface area contributed by atoms with Gasteiger partial charge in [0.2, 0.25) is 0 Å². The maximum Gasteiger partial charge on any atom is 0.307 e. The van der Waals surface area contributed by atoms with E-state index < -0.39 is 0 Å². The molecule has 0 aliphatic rings. The van der Waals surface area contributed by atoms with Gasteiger partial charge in [0.25, 0.3) is 0 Å². The van der Waals surface area contributed by atoms with E-state index in [1.54, 1.807) is 17.8 Å². The summed E-state index contributed by atoms with van der Waals surface area (Å²) in [4.78, 5) is 15.4. The van der Waals surface area contributed by atoms with Crippen LogP contribution in [0.25, 0.3) is 11.0 Å². The number of carbonyl (C=O) groups excluding carboxylic acids is 1. The van der Waals surface area contributed by atoms with Gasteiger partial charge in [0.1, 0.15) is 0 Å². The van der Waals surface area contributed by atoms with Gasteiger partial charge in [0, 0.05) is 17.8 Å². The number of rotatable bonds is 4. The molecule has 90 valence electrons. The largest absolute Gasteiger partial charge is 0.466 e. The second-order valence-electron chi connectivity index (χ2n) is 3.87. The van der Waals surface area contributed by atoms with Crippen LogP contribution in [0.4, 0.5) is 0 Å². The molecule has 0 atom stereocenters. The lowest BCUT2D eigenvalue weighted by molar-refractivity contribution is -0.143. The van der Waals surface area contributed by atoms with Crippen molar-refractivity contribution < 1.29 is 9.53 Å². The molecule has 2 rings (SSSR count). The van der Waals surface area contributed by atoms with Crippen LogP contribution in [0.15, 0.2) is 18.5 Å². The number of fused-ring (bicyclic) bond motifs is 1. The summed E-state index contributed by atoms with van der Waals surface area (Å²) < 4.78 is 6.59. The lowest BCUT2D eigenvalue weighted by atomic mass is 10.3. The number of pyridine rings is 1. The highest BCUT2D eigenvalue weighted by atomic mass is 16.5. The van der Waals surface area contributed by atoms with Gasteiger partial charge in [0.05, 0.1) is 19.6 Å². The van der Waals surface area contributed by atoms with Gasteiger partial charge >= 0.3 is 5.97 Å². The summed E-state index contributed by atoms with van der Waals surface area (Å²) >= 11 is 0. The molecule has 0 saturated heterocycles. The van der Waals surface area contributed by atoms with Crippen molar-refractivity contribution in [1.29, 1.82) is 0 Å². The van der Waals surface area contributed by atoms with Crippen molar-refractivity contribution in [2.75, 3.05) is 6.61 Å². The Bertz CT molecular complexity index is 534. The van der Waals surface area contributed by atoms with E-state index in [1.165, 1.54) is 0 Å². The van der Waals surface area contributed by atoms with E-state index in [0.29, 0.717) is 25.2 Å². The maximum absolute atomic E-state index is 11.2. The van der Waals surface area contributed by atoms with Gasteiger partial charge in [-0.15, -0.1) is 0 Å². The highest BCUT2D eigenvalue weighted by Crippen LogP contribution is 2.11. The lowest BCUT2D eigenvalue weighted by Crippen LogP contribution is -2.09. The molecule has 2 aromatic heterocycles. The highest BCUT2D eigenvalue weighted by Gasteiger charge is 2.05. The molecule has 0 aliphatic carbocycles. The molecule has 0 unspecified atom stereocenters. The van der Waals surface area contributed by atoms with Crippen LogP contribution < -0.4 is 0 Å². The van der Waals surface area contributed by atoms with Crippen molar-refractivity contribution in [3.8, 4) is 0 Å². The van der Waals surface area contributed by atoms with Gasteiger partial charge in [0.15, 0.2) is 5.65 Å². The molecule has 2 aromatic rings. The molecule has 0 fully saturated rings. The molecule has 0 spiro atoms. The van der Waals surface area contributed by atoms with Crippen LogP contribution in [0.1, 0.15) is 18.9 Å². The summed E-state index contributed by atoms with van der Waals surface area (Å²) in [5.41, 5.74) is 1.81. The zero-order valence-electron chi connectivity index (χ0n) is 10.0. The highest BCUT2D eigenvalue weighted by molar-refractivity contribution is 5.74. The predicted octanol–water partition coefficient (Wildman–Crippen LogP) is 1.69. The van der Waals surface area contributed by atoms with Crippen LogP contribution in [0.3, 0.4) is 0 Å². The quantitative estimate of drug-likeness (QED) is 0.754. The summed E-state index contributed by atoms with van der Waals surface area (Å²) in [6.07, 6.45) is 4.01. The van der Waals surface area contributed by atoms with Gasteiger partial charge in [-0.05, 0) is 25.5 Å². The average Bonchev–Trinajstić information content (AvgIpc) is 2.68.